The van der Waals surface area contributed by atoms with Crippen molar-refractivity contribution in [3.8, 4) is 0 Å². The highest BCUT2D eigenvalue weighted by molar-refractivity contribution is 6.12. The maximum Gasteiger partial charge on any atom is 0.354 e. The first-order valence-electron chi connectivity index (χ1n) is 3.50. The Kier molecular flexibility index (Phi) is 1.80. The molecule has 62 valence electrons. The van der Waals surface area contributed by atoms with Crippen molar-refractivity contribution < 1.29 is 9.90 Å². The molecule has 0 aliphatic heterocycles. The topological polar surface area (TPSA) is 68.0 Å². The molecule has 2 aromatic rings. The third-order valence-electron chi connectivity index (χ3n) is 1.76. The summed E-state index contributed by atoms with van der Waals surface area (Å²) in [6.45, 7) is 0. The minimum atomic E-state index is -0.990. The molecule has 0 unspecified atom stereocenters. The van der Waals surface area contributed by atoms with E-state index in [0.29, 0.717) is 10.9 Å². The van der Waals surface area contributed by atoms with Crippen LogP contribution in [0, 0.1) is 0 Å². The minimum absolute atomic E-state index is 0.172. The Morgan fingerprint density at radius 1 is 1.46 bits per heavy atom. The van der Waals surface area contributed by atoms with E-state index in [-0.39, 0.29) is 5.56 Å². The van der Waals surface area contributed by atoms with Crippen LogP contribution in [-0.2, 0) is 0 Å². The molecule has 0 bridgehead atoms. The lowest BCUT2D eigenvalue weighted by Gasteiger charge is -1.97. The molecule has 0 saturated carbocycles. The third kappa shape index (κ3) is 1.20. The highest BCUT2D eigenvalue weighted by atomic mass is 27.1. The number of carboxylic acids is 1. The summed E-state index contributed by atoms with van der Waals surface area (Å²) in [5.41, 5.74) is 0.858. The first-order chi connectivity index (χ1) is 6.20. The van der Waals surface area contributed by atoms with E-state index < -0.39 is 5.97 Å². The number of carboxylic acid groups (broad SMARTS) is 1. The van der Waals surface area contributed by atoms with Gasteiger partial charge in [0, 0.05) is 11.6 Å². The van der Waals surface area contributed by atoms with Gasteiger partial charge in [0.2, 0.25) is 0 Å². The Morgan fingerprint density at radius 3 is 2.92 bits per heavy atom. The van der Waals surface area contributed by atoms with Gasteiger partial charge in [0.25, 0.3) is 0 Å². The van der Waals surface area contributed by atoms with Gasteiger partial charge < -0.3 is 8.77 Å². The SMILES string of the molecule is O=C(O)c1cncc2c1cn[n]2[Al]. The lowest BCUT2D eigenvalue weighted by Crippen LogP contribution is -1.98. The molecule has 0 fully saturated rings. The van der Waals surface area contributed by atoms with E-state index in [1.807, 2.05) is 0 Å². The van der Waals surface area contributed by atoms with Crippen LogP contribution in [0.4, 0.5) is 0 Å². The predicted molar refractivity (Wildman–Crippen MR) is 45.6 cm³/mol. The normalized spacial score (nSPS) is 10.5. The summed E-state index contributed by atoms with van der Waals surface area (Å²) in [7, 11) is 0. The van der Waals surface area contributed by atoms with E-state index in [1.165, 1.54) is 16.1 Å². The maximum atomic E-state index is 10.7. The minimum Gasteiger partial charge on any atom is -0.478 e. The Bertz CT molecular complexity index is 480. The summed E-state index contributed by atoms with van der Waals surface area (Å²) < 4.78 is 1.51. The van der Waals surface area contributed by atoms with Gasteiger partial charge >= 0.3 is 22.5 Å². The molecule has 2 radical (unpaired) electrons. The summed E-state index contributed by atoms with van der Waals surface area (Å²) in [6.07, 6.45) is 4.40. The Balaban J connectivity index is 2.84. The Morgan fingerprint density at radius 2 is 2.23 bits per heavy atom. The van der Waals surface area contributed by atoms with Crippen LogP contribution in [-0.4, -0.2) is 41.3 Å². The Hall–Kier alpha value is -1.38. The van der Waals surface area contributed by atoms with E-state index in [1.54, 1.807) is 6.20 Å². The molecule has 0 saturated heterocycles. The van der Waals surface area contributed by atoms with Gasteiger partial charge in [0.15, 0.2) is 0 Å². The number of hydrogen-bond acceptors (Lipinski definition) is 3. The van der Waals surface area contributed by atoms with Crippen molar-refractivity contribution in [1.29, 1.82) is 0 Å². The van der Waals surface area contributed by atoms with E-state index >= 15 is 0 Å². The molecule has 2 heterocycles. The van der Waals surface area contributed by atoms with Crippen molar-refractivity contribution in [2.24, 2.45) is 0 Å². The zero-order valence-corrected chi connectivity index (χ0v) is 7.66. The molecule has 0 spiro atoms. The van der Waals surface area contributed by atoms with Crippen LogP contribution in [0.2, 0.25) is 0 Å². The fourth-order valence-corrected chi connectivity index (χ4v) is 1.40. The summed E-state index contributed by atoms with van der Waals surface area (Å²) in [5, 5.41) is 13.3. The van der Waals surface area contributed by atoms with Crippen LogP contribution in [0.25, 0.3) is 10.9 Å². The van der Waals surface area contributed by atoms with Gasteiger partial charge in [0.1, 0.15) is 0 Å². The zero-order valence-electron chi connectivity index (χ0n) is 6.51. The molecule has 5 nitrogen and oxygen atoms in total. The van der Waals surface area contributed by atoms with Crippen LogP contribution in [0.5, 0.6) is 0 Å². The number of aromatic carboxylic acids is 1. The molecule has 0 amide bonds. The predicted octanol–water partition coefficient (Wildman–Crippen LogP) is 0.0611. The van der Waals surface area contributed by atoms with Gasteiger partial charge in [-0.05, 0) is 0 Å². The lowest BCUT2D eigenvalue weighted by atomic mass is 10.2. The van der Waals surface area contributed by atoms with Crippen LogP contribution in [0.15, 0.2) is 18.6 Å². The molecule has 2 aromatic heterocycles. The standard InChI is InChI=1S/C7H5N3O2.Al/c11-7(12)5-1-8-3-6-4(5)2-9-10-6;/h1-3H,(H2,8,9,10,11,12);/q;+1/p-1. The molecule has 2 rings (SSSR count). The highest BCUT2D eigenvalue weighted by Gasteiger charge is 2.10. The number of nitrogens with zero attached hydrogens (tertiary/aromatic N) is 3. The third-order valence-corrected chi connectivity index (χ3v) is 2.17. The van der Waals surface area contributed by atoms with Crippen LogP contribution < -0.4 is 0 Å². The zero-order chi connectivity index (χ0) is 9.42. The number of fused-ring (bicyclic) bond motifs is 1. The van der Waals surface area contributed by atoms with Gasteiger partial charge in [-0.3, -0.25) is 4.98 Å². The van der Waals surface area contributed by atoms with Gasteiger partial charge in [0.05, 0.1) is 23.5 Å². The molecule has 0 aliphatic rings. The van der Waals surface area contributed by atoms with Gasteiger partial charge in [-0.1, -0.05) is 0 Å². The fourth-order valence-electron chi connectivity index (χ4n) is 1.13. The van der Waals surface area contributed by atoms with E-state index in [2.05, 4.69) is 26.6 Å². The highest BCUT2D eigenvalue weighted by Crippen LogP contribution is 2.15. The summed E-state index contributed by atoms with van der Waals surface area (Å²) in [5.74, 6) is -0.990. The second kappa shape index (κ2) is 2.84. The summed E-state index contributed by atoms with van der Waals surface area (Å²) >= 11 is 2.36. The van der Waals surface area contributed by atoms with E-state index in [0.717, 1.165) is 0 Å². The fraction of sp³-hybridized carbons (Fsp3) is 0. The van der Waals surface area contributed by atoms with Crippen molar-refractivity contribution in [1.82, 2.24) is 13.7 Å². The van der Waals surface area contributed by atoms with E-state index in [4.69, 9.17) is 5.11 Å². The van der Waals surface area contributed by atoms with Crippen molar-refractivity contribution in [3.63, 3.8) is 0 Å². The smallest absolute Gasteiger partial charge is 0.354 e. The number of carbonyl (C=O) groups is 1. The molecule has 0 atom stereocenters. The summed E-state index contributed by atoms with van der Waals surface area (Å²) in [4.78, 5) is 14.6. The molecular formula is C7H4AlN3O2. The van der Waals surface area contributed by atoms with Crippen molar-refractivity contribution in [2.75, 3.05) is 0 Å². The second-order valence-corrected chi connectivity index (χ2v) is 3.00. The second-order valence-electron chi connectivity index (χ2n) is 2.51. The molecule has 1 N–H and O–H groups in total. The van der Waals surface area contributed by atoms with Crippen LogP contribution in [0.3, 0.4) is 0 Å². The number of aromatic nitrogens is 3. The van der Waals surface area contributed by atoms with Crippen molar-refractivity contribution >= 4 is 33.4 Å². The number of rotatable bonds is 1. The van der Waals surface area contributed by atoms with Crippen LogP contribution in [0.1, 0.15) is 10.4 Å². The van der Waals surface area contributed by atoms with Gasteiger partial charge in [-0.15, -0.1) is 0 Å². The first kappa shape index (κ1) is 8.23. The largest absolute Gasteiger partial charge is 0.478 e. The van der Waals surface area contributed by atoms with Gasteiger partial charge in [-0.2, -0.15) is 0 Å². The molecule has 0 aliphatic carbocycles. The van der Waals surface area contributed by atoms with Crippen molar-refractivity contribution in [2.45, 2.75) is 0 Å². The quantitative estimate of drug-likeness (QED) is 0.644. The first-order valence-corrected chi connectivity index (χ1v) is 4.02. The monoisotopic (exact) mass is 189 g/mol. The van der Waals surface area contributed by atoms with Crippen LogP contribution >= 0.6 is 0 Å². The molecule has 0 aromatic carbocycles. The average Bonchev–Trinajstić information content (AvgIpc) is 2.48. The molecule has 13 heavy (non-hydrogen) atoms. The average molecular weight is 189 g/mol. The van der Waals surface area contributed by atoms with Crippen molar-refractivity contribution in [3.05, 3.63) is 24.2 Å². The number of pyridine rings is 1. The molecular weight excluding hydrogens is 185 g/mol. The van der Waals surface area contributed by atoms with Gasteiger partial charge in [-0.25, -0.2) is 9.89 Å². The molecule has 6 heteroatoms. The summed E-state index contributed by atoms with van der Waals surface area (Å²) in [6, 6.07) is 0. The van der Waals surface area contributed by atoms with E-state index in [9.17, 15) is 4.79 Å². The maximum absolute atomic E-state index is 10.7. The lowest BCUT2D eigenvalue weighted by molar-refractivity contribution is 0.0698. The Labute approximate surface area is 81.6 Å². The number of hydrogen-bond donors (Lipinski definition) is 1.